The van der Waals surface area contributed by atoms with Gasteiger partial charge in [0.25, 0.3) is 6.43 Å². The van der Waals surface area contributed by atoms with E-state index in [1.54, 1.807) is 0 Å². The van der Waals surface area contributed by atoms with Gasteiger partial charge in [-0.2, -0.15) is 9.65 Å². The van der Waals surface area contributed by atoms with E-state index in [1.165, 1.54) is 6.07 Å². The molecule has 0 saturated carbocycles. The molecule has 0 saturated heterocycles. The normalized spacial score (nSPS) is 10.2. The van der Waals surface area contributed by atoms with Gasteiger partial charge >= 0.3 is 5.97 Å². The summed E-state index contributed by atoms with van der Waals surface area (Å²) in [7, 11) is 0. The van der Waals surface area contributed by atoms with E-state index in [0.29, 0.717) is 6.07 Å². The zero-order chi connectivity index (χ0) is 12.3. The van der Waals surface area contributed by atoms with Gasteiger partial charge in [0.2, 0.25) is 5.95 Å². The predicted molar refractivity (Wildman–Crippen MR) is 45.2 cm³/mol. The fourth-order valence-electron chi connectivity index (χ4n) is 1.09. The summed E-state index contributed by atoms with van der Waals surface area (Å²) in [6.07, 6.45) is -3.76. The number of carboxylic acids is 1. The van der Waals surface area contributed by atoms with Gasteiger partial charge in [0.15, 0.2) is 5.69 Å². The summed E-state index contributed by atoms with van der Waals surface area (Å²) in [5, 5.41) is 16.8. The molecule has 0 aliphatic heterocycles. The third kappa shape index (κ3) is 2.48. The minimum absolute atomic E-state index is 0.471. The summed E-state index contributed by atoms with van der Waals surface area (Å²) in [5.41, 5.74) is -1.97. The average Bonchev–Trinajstić information content (AvgIpc) is 2.19. The fourth-order valence-corrected chi connectivity index (χ4v) is 1.09. The second-order valence-electron chi connectivity index (χ2n) is 2.86. The van der Waals surface area contributed by atoms with Crippen molar-refractivity contribution in [1.29, 1.82) is 5.26 Å². The van der Waals surface area contributed by atoms with Crippen LogP contribution >= 0.6 is 0 Å². The average molecular weight is 230 g/mol. The zero-order valence-electron chi connectivity index (χ0n) is 7.75. The van der Waals surface area contributed by atoms with E-state index < -0.39 is 41.6 Å². The summed E-state index contributed by atoms with van der Waals surface area (Å²) in [6, 6.07) is 1.97. The van der Waals surface area contributed by atoms with Crippen LogP contribution in [0.25, 0.3) is 0 Å². The van der Waals surface area contributed by atoms with Gasteiger partial charge in [-0.25, -0.2) is 13.8 Å². The number of carbonyl (C=O) groups is 1. The molecule has 7 heteroatoms. The summed E-state index contributed by atoms with van der Waals surface area (Å²) in [4.78, 5) is 13.3. The van der Waals surface area contributed by atoms with Crippen LogP contribution in [0.15, 0.2) is 6.07 Å². The van der Waals surface area contributed by atoms with Crippen LogP contribution in [0.3, 0.4) is 0 Å². The maximum absolute atomic E-state index is 13.1. The lowest BCUT2D eigenvalue weighted by molar-refractivity contribution is -0.136. The van der Waals surface area contributed by atoms with Gasteiger partial charge in [0.1, 0.15) is 6.07 Å². The lowest BCUT2D eigenvalue weighted by Gasteiger charge is -2.05. The number of halogens is 3. The smallest absolute Gasteiger partial charge is 0.307 e. The molecule has 0 aliphatic rings. The third-order valence-electron chi connectivity index (χ3n) is 1.76. The number of hydrogen-bond acceptors (Lipinski definition) is 3. The molecule has 4 nitrogen and oxygen atoms in total. The van der Waals surface area contributed by atoms with Crippen molar-refractivity contribution < 1.29 is 23.1 Å². The standard InChI is InChI=1S/C9H5F3N2O2/c10-8(11)5-1-4(2-7(15)16)9(12)14-6(5)3-13/h1,8H,2H2,(H,15,16). The van der Waals surface area contributed by atoms with Gasteiger partial charge in [-0.15, -0.1) is 0 Å². The molecule has 0 radical (unpaired) electrons. The van der Waals surface area contributed by atoms with E-state index in [9.17, 15) is 18.0 Å². The maximum Gasteiger partial charge on any atom is 0.307 e. The van der Waals surface area contributed by atoms with E-state index >= 15 is 0 Å². The quantitative estimate of drug-likeness (QED) is 0.801. The predicted octanol–water partition coefficient (Wildman–Crippen LogP) is 1.66. The monoisotopic (exact) mass is 230 g/mol. The van der Waals surface area contributed by atoms with E-state index in [2.05, 4.69) is 4.98 Å². The number of nitrogens with zero attached hydrogens (tertiary/aromatic N) is 2. The van der Waals surface area contributed by atoms with Crippen LogP contribution in [0.4, 0.5) is 13.2 Å². The van der Waals surface area contributed by atoms with Crippen LogP contribution < -0.4 is 0 Å². The Bertz CT molecular complexity index is 469. The van der Waals surface area contributed by atoms with Crippen LogP contribution in [-0.2, 0) is 11.2 Å². The van der Waals surface area contributed by atoms with Crippen LogP contribution in [0.5, 0.6) is 0 Å². The Hall–Kier alpha value is -2.10. The van der Waals surface area contributed by atoms with Crippen molar-refractivity contribution >= 4 is 5.97 Å². The number of aromatic nitrogens is 1. The van der Waals surface area contributed by atoms with Gasteiger partial charge in [0.05, 0.1) is 12.0 Å². The van der Waals surface area contributed by atoms with Crippen LogP contribution in [-0.4, -0.2) is 16.1 Å². The highest BCUT2D eigenvalue weighted by Gasteiger charge is 2.19. The van der Waals surface area contributed by atoms with Gasteiger partial charge in [0, 0.05) is 5.56 Å². The molecule has 0 aromatic carbocycles. The highest BCUT2D eigenvalue weighted by molar-refractivity contribution is 5.70. The first-order chi connectivity index (χ1) is 7.45. The molecule has 0 aliphatic carbocycles. The Morgan fingerprint density at radius 2 is 2.25 bits per heavy atom. The summed E-state index contributed by atoms with van der Waals surface area (Å²) < 4.78 is 37.9. The van der Waals surface area contributed by atoms with Crippen molar-refractivity contribution in [2.75, 3.05) is 0 Å². The van der Waals surface area contributed by atoms with Crippen molar-refractivity contribution in [3.8, 4) is 6.07 Å². The third-order valence-corrected chi connectivity index (χ3v) is 1.76. The molecule has 1 N–H and O–H groups in total. The molecule has 1 aromatic rings. The van der Waals surface area contributed by atoms with Crippen molar-refractivity contribution in [3.63, 3.8) is 0 Å². The lowest BCUT2D eigenvalue weighted by atomic mass is 10.1. The first-order valence-corrected chi connectivity index (χ1v) is 4.05. The minimum atomic E-state index is -3.00. The number of alkyl halides is 2. The van der Waals surface area contributed by atoms with Crippen LogP contribution in [0.2, 0.25) is 0 Å². The molecule has 1 rings (SSSR count). The van der Waals surface area contributed by atoms with Gasteiger partial charge in [-0.3, -0.25) is 4.79 Å². The van der Waals surface area contributed by atoms with E-state index in [0.717, 1.165) is 0 Å². The largest absolute Gasteiger partial charge is 0.481 e. The Balaban J connectivity index is 3.28. The second-order valence-corrected chi connectivity index (χ2v) is 2.86. The Kier molecular flexibility index (Phi) is 3.45. The molecule has 0 amide bonds. The highest BCUT2D eigenvalue weighted by atomic mass is 19.3. The SMILES string of the molecule is N#Cc1nc(F)c(CC(=O)O)cc1C(F)F. The zero-order valence-corrected chi connectivity index (χ0v) is 7.75. The molecule has 1 aromatic heterocycles. The fraction of sp³-hybridized carbons (Fsp3) is 0.222. The van der Waals surface area contributed by atoms with E-state index in [4.69, 9.17) is 10.4 Å². The Morgan fingerprint density at radius 3 is 2.69 bits per heavy atom. The first-order valence-electron chi connectivity index (χ1n) is 4.05. The lowest BCUT2D eigenvalue weighted by Crippen LogP contribution is -2.07. The topological polar surface area (TPSA) is 74.0 Å². The van der Waals surface area contributed by atoms with Gasteiger partial charge in [-0.05, 0) is 6.07 Å². The molecule has 0 atom stereocenters. The van der Waals surface area contributed by atoms with Gasteiger partial charge in [-0.1, -0.05) is 0 Å². The number of aliphatic carboxylic acids is 1. The molecule has 84 valence electrons. The van der Waals surface area contributed by atoms with Crippen molar-refractivity contribution in [1.82, 2.24) is 4.98 Å². The maximum atomic E-state index is 13.1. The molecule has 0 bridgehead atoms. The number of nitriles is 1. The van der Waals surface area contributed by atoms with E-state index in [-0.39, 0.29) is 0 Å². The van der Waals surface area contributed by atoms with Crippen LogP contribution in [0.1, 0.15) is 23.2 Å². The molecule has 0 unspecified atom stereocenters. The highest BCUT2D eigenvalue weighted by Crippen LogP contribution is 2.23. The summed E-state index contributed by atoms with van der Waals surface area (Å²) >= 11 is 0. The summed E-state index contributed by atoms with van der Waals surface area (Å²) in [6.45, 7) is 0. The van der Waals surface area contributed by atoms with Gasteiger partial charge < -0.3 is 5.11 Å². The second kappa shape index (κ2) is 4.61. The van der Waals surface area contributed by atoms with Crippen molar-refractivity contribution in [3.05, 3.63) is 28.8 Å². The first kappa shape index (κ1) is 12.0. The van der Waals surface area contributed by atoms with E-state index in [1.807, 2.05) is 0 Å². The minimum Gasteiger partial charge on any atom is -0.481 e. The number of rotatable bonds is 3. The molecule has 0 fully saturated rings. The summed E-state index contributed by atoms with van der Waals surface area (Å²) in [5.74, 6) is -2.59. The van der Waals surface area contributed by atoms with Crippen molar-refractivity contribution in [2.24, 2.45) is 0 Å². The number of pyridine rings is 1. The number of hydrogen-bond donors (Lipinski definition) is 1. The van der Waals surface area contributed by atoms with Crippen LogP contribution in [0, 0.1) is 17.3 Å². The molecule has 1 heterocycles. The molecule has 0 spiro atoms. The number of carboxylic acid groups (broad SMARTS) is 1. The van der Waals surface area contributed by atoms with Crippen molar-refractivity contribution in [2.45, 2.75) is 12.8 Å². The molecular formula is C9H5F3N2O2. The molecule has 16 heavy (non-hydrogen) atoms. The Labute approximate surface area is 88.0 Å². The molecular weight excluding hydrogens is 225 g/mol. The Morgan fingerprint density at radius 1 is 1.62 bits per heavy atom.